The molecule has 9 heteroatoms. The lowest BCUT2D eigenvalue weighted by molar-refractivity contribution is -0.382. The highest BCUT2D eigenvalue weighted by Crippen LogP contribution is 2.34. The first-order valence-electron chi connectivity index (χ1n) is 5.33. The fourth-order valence-corrected chi connectivity index (χ4v) is 3.24. The van der Waals surface area contributed by atoms with E-state index in [1.165, 1.54) is 6.20 Å². The Morgan fingerprint density at radius 1 is 1.55 bits per heavy atom. The Kier molecular flexibility index (Phi) is 4.94. The quantitative estimate of drug-likeness (QED) is 0.393. The van der Waals surface area contributed by atoms with Crippen molar-refractivity contribution in [1.29, 1.82) is 0 Å². The Balaban J connectivity index is 1.94. The Labute approximate surface area is 127 Å². The topological polar surface area (TPSA) is 85.1 Å². The van der Waals surface area contributed by atoms with Gasteiger partial charge in [-0.3, -0.25) is 14.9 Å². The number of carbonyl (C=O) groups is 1. The maximum Gasteiger partial charge on any atom is 0.337 e. The molecule has 0 saturated carbocycles. The molecule has 0 aliphatic carbocycles. The number of thiophene rings is 1. The van der Waals surface area contributed by atoms with Crippen molar-refractivity contribution in [2.45, 2.75) is 4.90 Å². The second-order valence-corrected chi connectivity index (χ2v) is 5.80. The highest BCUT2D eigenvalue weighted by Gasteiger charge is 2.17. The number of rotatable bonds is 5. The van der Waals surface area contributed by atoms with Gasteiger partial charge in [-0.15, -0.1) is 11.8 Å². The van der Waals surface area contributed by atoms with Gasteiger partial charge in [0.05, 0.1) is 21.3 Å². The molecular formula is C11H8ClN3O3S2. The molecule has 0 radical (unpaired) electrons. The zero-order chi connectivity index (χ0) is 14.5. The number of aromatic nitrogens is 1. The van der Waals surface area contributed by atoms with E-state index in [2.05, 4.69) is 10.3 Å². The van der Waals surface area contributed by atoms with Crippen LogP contribution in [-0.4, -0.2) is 21.6 Å². The van der Waals surface area contributed by atoms with Gasteiger partial charge in [-0.2, -0.15) is 0 Å². The molecule has 2 aromatic heterocycles. The van der Waals surface area contributed by atoms with E-state index in [0.717, 1.165) is 23.1 Å². The molecule has 0 atom stereocenters. The lowest BCUT2D eigenvalue weighted by atomic mass is 10.4. The zero-order valence-electron chi connectivity index (χ0n) is 9.91. The van der Waals surface area contributed by atoms with Crippen molar-refractivity contribution < 1.29 is 9.72 Å². The van der Waals surface area contributed by atoms with Gasteiger partial charge in [0.15, 0.2) is 5.15 Å². The van der Waals surface area contributed by atoms with Crippen LogP contribution in [0.15, 0.2) is 34.7 Å². The van der Waals surface area contributed by atoms with Crippen molar-refractivity contribution in [2.75, 3.05) is 11.1 Å². The number of hydrogen-bond donors (Lipinski definition) is 1. The normalized spacial score (nSPS) is 10.2. The summed E-state index contributed by atoms with van der Waals surface area (Å²) in [6, 6.07) is 4.90. The summed E-state index contributed by atoms with van der Waals surface area (Å²) < 4.78 is 0. The molecule has 1 N–H and O–H groups in total. The molecular weight excluding hydrogens is 322 g/mol. The number of pyridine rings is 1. The van der Waals surface area contributed by atoms with Crippen LogP contribution in [0.2, 0.25) is 5.15 Å². The van der Waals surface area contributed by atoms with Crippen LogP contribution < -0.4 is 5.32 Å². The van der Waals surface area contributed by atoms with Gasteiger partial charge < -0.3 is 5.32 Å². The number of anilines is 1. The number of nitro groups is 1. The van der Waals surface area contributed by atoms with E-state index in [-0.39, 0.29) is 21.8 Å². The summed E-state index contributed by atoms with van der Waals surface area (Å²) in [7, 11) is 0. The van der Waals surface area contributed by atoms with Crippen molar-refractivity contribution in [1.82, 2.24) is 4.98 Å². The minimum absolute atomic E-state index is 0.0437. The molecule has 0 aromatic carbocycles. The number of amides is 1. The van der Waals surface area contributed by atoms with E-state index in [4.69, 9.17) is 11.6 Å². The predicted molar refractivity (Wildman–Crippen MR) is 79.6 cm³/mol. The van der Waals surface area contributed by atoms with Gasteiger partial charge in [0.1, 0.15) is 0 Å². The lowest BCUT2D eigenvalue weighted by Gasteiger charge is -2.05. The van der Waals surface area contributed by atoms with E-state index >= 15 is 0 Å². The fourth-order valence-electron chi connectivity index (χ4n) is 1.34. The first-order chi connectivity index (χ1) is 9.58. The largest absolute Gasteiger partial charge is 0.337 e. The minimum atomic E-state index is -0.455. The number of carbonyl (C=O) groups excluding carboxylic acids is 1. The summed E-state index contributed by atoms with van der Waals surface area (Å²) >= 11 is 7.96. The highest BCUT2D eigenvalue weighted by molar-refractivity contribution is 8.00. The van der Waals surface area contributed by atoms with Crippen LogP contribution in [0.5, 0.6) is 0 Å². The Hall–Kier alpha value is -1.64. The predicted octanol–water partition coefficient (Wildman–Crippen LogP) is 3.44. The number of nitrogens with one attached hydrogen (secondary N) is 1. The molecule has 0 unspecified atom stereocenters. The average molecular weight is 330 g/mol. The van der Waals surface area contributed by atoms with E-state index < -0.39 is 4.92 Å². The van der Waals surface area contributed by atoms with Gasteiger partial charge in [-0.25, -0.2) is 4.98 Å². The summed E-state index contributed by atoms with van der Waals surface area (Å²) in [4.78, 5) is 26.4. The van der Waals surface area contributed by atoms with Crippen LogP contribution in [0.4, 0.5) is 10.7 Å². The minimum Gasteiger partial charge on any atom is -0.323 e. The maximum atomic E-state index is 11.8. The molecule has 0 aliphatic rings. The molecule has 6 nitrogen and oxygen atoms in total. The van der Waals surface area contributed by atoms with Gasteiger partial charge >= 0.3 is 5.00 Å². The molecule has 0 saturated heterocycles. The maximum absolute atomic E-state index is 11.8. The lowest BCUT2D eigenvalue weighted by Crippen LogP contribution is -2.14. The van der Waals surface area contributed by atoms with Crippen molar-refractivity contribution >= 4 is 51.3 Å². The third-order valence-electron chi connectivity index (χ3n) is 2.17. The molecule has 104 valence electrons. The van der Waals surface area contributed by atoms with Gasteiger partial charge in [0, 0.05) is 6.20 Å². The van der Waals surface area contributed by atoms with Crippen LogP contribution in [0.25, 0.3) is 0 Å². The van der Waals surface area contributed by atoms with Crippen molar-refractivity contribution in [2.24, 2.45) is 0 Å². The second-order valence-electron chi connectivity index (χ2n) is 3.53. The molecule has 0 spiro atoms. The first kappa shape index (κ1) is 14.8. The molecule has 20 heavy (non-hydrogen) atoms. The monoisotopic (exact) mass is 329 g/mol. The number of thioether (sulfide) groups is 1. The molecule has 0 bridgehead atoms. The van der Waals surface area contributed by atoms with Gasteiger partial charge in [0.25, 0.3) is 0 Å². The van der Waals surface area contributed by atoms with Crippen molar-refractivity contribution in [3.63, 3.8) is 0 Å². The van der Waals surface area contributed by atoms with E-state index in [1.807, 2.05) is 0 Å². The zero-order valence-corrected chi connectivity index (χ0v) is 12.3. The van der Waals surface area contributed by atoms with E-state index in [9.17, 15) is 14.9 Å². The van der Waals surface area contributed by atoms with Crippen molar-refractivity contribution in [3.8, 4) is 0 Å². The van der Waals surface area contributed by atoms with Crippen LogP contribution in [-0.2, 0) is 4.79 Å². The Morgan fingerprint density at radius 2 is 2.35 bits per heavy atom. The van der Waals surface area contributed by atoms with E-state index in [1.54, 1.807) is 23.6 Å². The van der Waals surface area contributed by atoms with Crippen LogP contribution >= 0.6 is 34.7 Å². The summed E-state index contributed by atoms with van der Waals surface area (Å²) in [6.07, 6.45) is 1.52. The number of halogens is 1. The fraction of sp³-hybridized carbons (Fsp3) is 0.0909. The summed E-state index contributed by atoms with van der Waals surface area (Å²) in [6.45, 7) is 0. The molecule has 2 aromatic rings. The second kappa shape index (κ2) is 6.69. The van der Waals surface area contributed by atoms with Gasteiger partial charge in [0.2, 0.25) is 5.91 Å². The molecule has 0 fully saturated rings. The summed E-state index contributed by atoms with van der Waals surface area (Å²) in [5.74, 6) is -0.242. The third-order valence-corrected chi connectivity index (χ3v) is 4.51. The highest BCUT2D eigenvalue weighted by atomic mass is 35.5. The molecule has 1 amide bonds. The SMILES string of the molecule is O=C(CSc1ccsc1[N+](=O)[O-])Nc1cccnc1Cl. The average Bonchev–Trinajstić information content (AvgIpc) is 2.88. The van der Waals surface area contributed by atoms with Crippen molar-refractivity contribution in [3.05, 3.63) is 45.0 Å². The van der Waals surface area contributed by atoms with Crippen LogP contribution in [0.3, 0.4) is 0 Å². The Morgan fingerprint density at radius 3 is 3.05 bits per heavy atom. The van der Waals surface area contributed by atoms with Gasteiger partial charge in [-0.05, 0) is 23.6 Å². The smallest absolute Gasteiger partial charge is 0.323 e. The summed E-state index contributed by atoms with van der Waals surface area (Å²) in [5.41, 5.74) is 0.416. The number of hydrogen-bond acceptors (Lipinski definition) is 6. The first-order valence-corrected chi connectivity index (χ1v) is 7.57. The molecule has 2 rings (SSSR count). The molecule has 0 aliphatic heterocycles. The standard InChI is InChI=1S/C11H8ClN3O3S2/c12-10-7(2-1-4-13-10)14-9(16)6-20-8-3-5-19-11(8)15(17)18/h1-5H,6H2,(H,14,16). The van der Waals surface area contributed by atoms with Crippen LogP contribution in [0.1, 0.15) is 0 Å². The van der Waals surface area contributed by atoms with E-state index in [0.29, 0.717) is 10.6 Å². The summed E-state index contributed by atoms with van der Waals surface area (Å²) in [5, 5.41) is 15.2. The van der Waals surface area contributed by atoms with Gasteiger partial charge in [-0.1, -0.05) is 22.9 Å². The number of nitrogens with zero attached hydrogens (tertiary/aromatic N) is 2. The van der Waals surface area contributed by atoms with Crippen LogP contribution in [0, 0.1) is 10.1 Å². The Bertz CT molecular complexity index is 647. The molecule has 2 heterocycles. The third kappa shape index (κ3) is 3.69.